The maximum Gasteiger partial charge on any atom is 0.325 e. The van der Waals surface area contributed by atoms with E-state index in [1.807, 2.05) is 6.92 Å². The molecule has 0 bridgehead atoms. The molecule has 0 heterocycles. The van der Waals surface area contributed by atoms with Crippen LogP contribution in [0.3, 0.4) is 0 Å². The first kappa shape index (κ1) is 43.0. The van der Waals surface area contributed by atoms with Gasteiger partial charge in [0.15, 0.2) is 0 Å². The van der Waals surface area contributed by atoms with Crippen LogP contribution in [-0.2, 0) is 48.0 Å². The summed E-state index contributed by atoms with van der Waals surface area (Å²) in [6.07, 6.45) is -2.65. The van der Waals surface area contributed by atoms with Crippen molar-refractivity contribution >= 4 is 64.4 Å². The quantitative estimate of drug-likeness (QED) is 0.0788. The molecule has 0 spiro atoms. The number of carboxylic acids is 1. The first-order chi connectivity index (χ1) is 26.7. The van der Waals surface area contributed by atoms with Crippen LogP contribution in [0.15, 0.2) is 103 Å². The van der Waals surface area contributed by atoms with E-state index >= 15 is 0 Å². The fourth-order valence-electron chi connectivity index (χ4n) is 5.54. The van der Waals surface area contributed by atoms with Crippen molar-refractivity contribution in [2.75, 3.05) is 5.32 Å². The van der Waals surface area contributed by atoms with E-state index in [2.05, 4.69) is 26.6 Å². The number of rotatable bonds is 18. The SMILES string of the molecule is Cc1ccc(NC(=O)C(O)CC(=O)NC(Cc2ccccc2)C(=O)NC(Cc2ccc(Cl)cc2Cl)C(=O)NC(Cc2ccccc2)C(=O)NC(C)C(=O)O)cc1. The Labute approximate surface area is 334 Å². The van der Waals surface area contributed by atoms with E-state index in [1.165, 1.54) is 13.0 Å². The molecular weight excluding hydrogens is 761 g/mol. The molecule has 56 heavy (non-hydrogen) atoms. The third-order valence-electron chi connectivity index (χ3n) is 8.65. The maximum absolute atomic E-state index is 14.1. The predicted octanol–water partition coefficient (Wildman–Crippen LogP) is 3.76. The molecule has 294 valence electrons. The van der Waals surface area contributed by atoms with Gasteiger partial charge < -0.3 is 36.8 Å². The minimum absolute atomic E-state index is 0.0143. The smallest absolute Gasteiger partial charge is 0.325 e. The molecular formula is C41H43Cl2N5O8. The van der Waals surface area contributed by atoms with E-state index in [-0.39, 0.29) is 24.3 Å². The Kier molecular flexibility index (Phi) is 16.0. The van der Waals surface area contributed by atoms with E-state index < -0.39 is 72.2 Å². The zero-order chi connectivity index (χ0) is 40.8. The number of aliphatic hydroxyl groups is 1. The van der Waals surface area contributed by atoms with E-state index in [4.69, 9.17) is 23.2 Å². The van der Waals surface area contributed by atoms with Crippen LogP contribution in [-0.4, -0.2) is 76.0 Å². The first-order valence-corrected chi connectivity index (χ1v) is 18.4. The number of carbonyl (C=O) groups is 6. The fourth-order valence-corrected chi connectivity index (χ4v) is 6.02. The zero-order valence-corrected chi connectivity index (χ0v) is 32.1. The summed E-state index contributed by atoms with van der Waals surface area (Å²) < 4.78 is 0. The third kappa shape index (κ3) is 13.5. The highest BCUT2D eigenvalue weighted by Gasteiger charge is 2.32. The van der Waals surface area contributed by atoms with Gasteiger partial charge in [0, 0.05) is 35.0 Å². The van der Waals surface area contributed by atoms with Crippen LogP contribution in [0.25, 0.3) is 0 Å². The Morgan fingerprint density at radius 3 is 1.64 bits per heavy atom. The summed E-state index contributed by atoms with van der Waals surface area (Å²) in [6.45, 7) is 3.16. The molecule has 0 aromatic heterocycles. The van der Waals surface area contributed by atoms with Crippen molar-refractivity contribution in [3.05, 3.63) is 135 Å². The number of aliphatic hydroxyl groups excluding tert-OH is 1. The van der Waals surface area contributed by atoms with Crippen LogP contribution in [0.4, 0.5) is 5.69 Å². The van der Waals surface area contributed by atoms with Crippen molar-refractivity contribution in [1.82, 2.24) is 21.3 Å². The number of amides is 5. The number of carbonyl (C=O) groups excluding carboxylic acids is 5. The summed E-state index contributed by atoms with van der Waals surface area (Å²) in [5.74, 6) is -5.30. The van der Waals surface area contributed by atoms with Gasteiger partial charge in [-0.15, -0.1) is 0 Å². The Morgan fingerprint density at radius 1 is 0.625 bits per heavy atom. The Hall–Kier alpha value is -5.76. The largest absolute Gasteiger partial charge is 0.480 e. The Balaban J connectivity index is 1.58. The van der Waals surface area contributed by atoms with Crippen molar-refractivity contribution in [3.63, 3.8) is 0 Å². The third-order valence-corrected chi connectivity index (χ3v) is 9.24. The van der Waals surface area contributed by atoms with Crippen LogP contribution in [0, 0.1) is 6.92 Å². The second-order valence-electron chi connectivity index (χ2n) is 13.2. The fraction of sp³-hybridized carbons (Fsp3) is 0.268. The summed E-state index contributed by atoms with van der Waals surface area (Å²) in [5.41, 5.74) is 3.12. The van der Waals surface area contributed by atoms with Gasteiger partial charge in [0.1, 0.15) is 30.3 Å². The predicted molar refractivity (Wildman–Crippen MR) is 212 cm³/mol. The lowest BCUT2D eigenvalue weighted by atomic mass is 10.0. The molecule has 15 heteroatoms. The molecule has 4 rings (SSSR count). The van der Waals surface area contributed by atoms with Crippen LogP contribution >= 0.6 is 23.2 Å². The summed E-state index contributed by atoms with van der Waals surface area (Å²) in [7, 11) is 0. The number of anilines is 1. The molecule has 7 N–H and O–H groups in total. The van der Waals surface area contributed by atoms with Gasteiger partial charge >= 0.3 is 5.97 Å². The molecule has 4 aromatic rings. The second-order valence-corrected chi connectivity index (χ2v) is 14.0. The monoisotopic (exact) mass is 803 g/mol. The normalized spacial score (nSPS) is 13.5. The Bertz CT molecular complexity index is 2000. The Morgan fingerprint density at radius 2 is 1.12 bits per heavy atom. The molecule has 0 aliphatic rings. The summed E-state index contributed by atoms with van der Waals surface area (Å²) in [4.78, 5) is 79.1. The van der Waals surface area contributed by atoms with Crippen molar-refractivity contribution in [1.29, 1.82) is 0 Å². The van der Waals surface area contributed by atoms with Gasteiger partial charge in [-0.1, -0.05) is 108 Å². The van der Waals surface area contributed by atoms with Crippen molar-refractivity contribution in [3.8, 4) is 0 Å². The number of carboxylic acid groups (broad SMARTS) is 1. The molecule has 5 atom stereocenters. The molecule has 5 unspecified atom stereocenters. The van der Waals surface area contributed by atoms with Crippen LogP contribution in [0.1, 0.15) is 35.6 Å². The lowest BCUT2D eigenvalue weighted by Gasteiger charge is -2.26. The highest BCUT2D eigenvalue weighted by atomic mass is 35.5. The minimum Gasteiger partial charge on any atom is -0.480 e. The first-order valence-electron chi connectivity index (χ1n) is 17.7. The van der Waals surface area contributed by atoms with Gasteiger partial charge in [0.2, 0.25) is 23.6 Å². The number of aliphatic carboxylic acids is 1. The van der Waals surface area contributed by atoms with Crippen molar-refractivity contribution in [2.45, 2.75) is 69.8 Å². The second kappa shape index (κ2) is 20.8. The lowest BCUT2D eigenvalue weighted by molar-refractivity contribution is -0.141. The zero-order valence-electron chi connectivity index (χ0n) is 30.6. The molecule has 5 amide bonds. The van der Waals surface area contributed by atoms with E-state index in [1.54, 1.807) is 97.1 Å². The van der Waals surface area contributed by atoms with Crippen molar-refractivity contribution < 1.29 is 39.0 Å². The molecule has 13 nitrogen and oxygen atoms in total. The van der Waals surface area contributed by atoms with Gasteiger partial charge in [-0.05, 0) is 54.8 Å². The molecule has 4 aromatic carbocycles. The van der Waals surface area contributed by atoms with Crippen molar-refractivity contribution in [2.24, 2.45) is 0 Å². The summed E-state index contributed by atoms with van der Waals surface area (Å²) >= 11 is 12.6. The number of hydrogen-bond donors (Lipinski definition) is 7. The molecule has 0 fully saturated rings. The van der Waals surface area contributed by atoms with Gasteiger partial charge in [-0.2, -0.15) is 0 Å². The lowest BCUT2D eigenvalue weighted by Crippen LogP contribution is -2.59. The number of halogens is 2. The van der Waals surface area contributed by atoms with Gasteiger partial charge in [-0.25, -0.2) is 0 Å². The molecule has 0 saturated carbocycles. The van der Waals surface area contributed by atoms with Gasteiger partial charge in [-0.3, -0.25) is 28.8 Å². The number of aryl methyl sites for hydroxylation is 1. The van der Waals surface area contributed by atoms with E-state index in [0.717, 1.165) is 5.56 Å². The van der Waals surface area contributed by atoms with Crippen LogP contribution < -0.4 is 26.6 Å². The van der Waals surface area contributed by atoms with E-state index in [0.29, 0.717) is 27.4 Å². The topological polar surface area (TPSA) is 203 Å². The van der Waals surface area contributed by atoms with Gasteiger partial charge in [0.25, 0.3) is 5.91 Å². The average Bonchev–Trinajstić information content (AvgIpc) is 3.16. The standard InChI is InChI=1S/C41H43Cl2N5O8/c1-24-13-17-30(18-14-24)45-40(54)35(49)23-36(50)46-32(19-26-9-5-3-6-10-26)38(52)48-34(21-28-15-16-29(42)22-31(28)43)39(53)47-33(20-27-11-7-4-8-12-27)37(51)44-25(2)41(55)56/h3-18,22,25,32-35,49H,19-21,23H2,1-2H3,(H,44,51)(H,45,54)(H,46,50)(H,47,53)(H,48,52)(H,55,56). The van der Waals surface area contributed by atoms with Crippen LogP contribution in [0.2, 0.25) is 10.0 Å². The van der Waals surface area contributed by atoms with Gasteiger partial charge in [0.05, 0.1) is 6.42 Å². The number of nitrogens with one attached hydrogen (secondary N) is 5. The average molecular weight is 805 g/mol. The number of hydrogen-bond acceptors (Lipinski definition) is 7. The highest BCUT2D eigenvalue weighted by molar-refractivity contribution is 6.35. The molecule has 0 saturated heterocycles. The maximum atomic E-state index is 14.1. The summed E-state index contributed by atoms with van der Waals surface area (Å²) in [5, 5.41) is 33.4. The molecule has 0 radical (unpaired) electrons. The number of benzene rings is 4. The van der Waals surface area contributed by atoms with Crippen LogP contribution in [0.5, 0.6) is 0 Å². The minimum atomic E-state index is -1.75. The molecule has 0 aliphatic heterocycles. The highest BCUT2D eigenvalue weighted by Crippen LogP contribution is 2.22. The van der Waals surface area contributed by atoms with E-state index in [9.17, 15) is 39.0 Å². The molecule has 0 aliphatic carbocycles. The summed E-state index contributed by atoms with van der Waals surface area (Å²) in [6, 6.07) is 23.7.